The topological polar surface area (TPSA) is 48.1 Å². The summed E-state index contributed by atoms with van der Waals surface area (Å²) in [5.74, 6) is 0.653. The fourth-order valence-corrected chi connectivity index (χ4v) is 2.56. The van der Waals surface area contributed by atoms with E-state index in [9.17, 15) is 4.39 Å². The number of nitrogens with zero attached hydrogens (tertiary/aromatic N) is 1. The molecule has 2 N–H and O–H groups in total. The largest absolute Gasteiger partial charge is 0.493 e. The first-order chi connectivity index (χ1) is 9.74. The molecule has 20 heavy (non-hydrogen) atoms. The molecule has 0 spiro atoms. The molecule has 4 heteroatoms. The van der Waals surface area contributed by atoms with E-state index in [2.05, 4.69) is 17.1 Å². The molecule has 2 heterocycles. The minimum atomic E-state index is -0.331. The second-order valence-electron chi connectivity index (χ2n) is 5.08. The normalized spacial score (nSPS) is 14.7. The molecule has 0 bridgehead atoms. The standard InChI is InChI=1S/C16H17FN2O/c17-14-10-19-7-5-13(14)15(18)3-1-11-2-4-16-12(9-11)6-8-20-16/h2,4-5,7,9-10,15H,1,3,6,8,18H2. The van der Waals surface area contributed by atoms with Crippen LogP contribution in [0.15, 0.2) is 36.7 Å². The zero-order valence-corrected chi connectivity index (χ0v) is 11.2. The van der Waals surface area contributed by atoms with E-state index in [4.69, 9.17) is 10.5 Å². The van der Waals surface area contributed by atoms with Crippen molar-refractivity contribution in [3.63, 3.8) is 0 Å². The van der Waals surface area contributed by atoms with Crippen molar-refractivity contribution in [1.82, 2.24) is 4.98 Å². The average molecular weight is 272 g/mol. The fourth-order valence-electron chi connectivity index (χ4n) is 2.56. The highest BCUT2D eigenvalue weighted by molar-refractivity contribution is 5.39. The Morgan fingerprint density at radius 1 is 1.35 bits per heavy atom. The van der Waals surface area contributed by atoms with Crippen LogP contribution >= 0.6 is 0 Å². The molecule has 1 aliphatic rings. The van der Waals surface area contributed by atoms with Gasteiger partial charge in [0.25, 0.3) is 0 Å². The SMILES string of the molecule is NC(CCc1ccc2c(c1)CCO2)c1ccncc1F. The molecule has 0 aliphatic carbocycles. The number of nitrogens with two attached hydrogens (primary N) is 1. The van der Waals surface area contributed by atoms with Gasteiger partial charge in [0.05, 0.1) is 12.8 Å². The summed E-state index contributed by atoms with van der Waals surface area (Å²) in [4.78, 5) is 3.74. The number of aryl methyl sites for hydroxylation is 1. The molecule has 0 amide bonds. The van der Waals surface area contributed by atoms with Gasteiger partial charge >= 0.3 is 0 Å². The van der Waals surface area contributed by atoms with Crippen LogP contribution in [0.4, 0.5) is 4.39 Å². The summed E-state index contributed by atoms with van der Waals surface area (Å²) < 4.78 is 19.1. The van der Waals surface area contributed by atoms with E-state index >= 15 is 0 Å². The smallest absolute Gasteiger partial charge is 0.146 e. The monoisotopic (exact) mass is 272 g/mol. The molecule has 1 atom stereocenters. The lowest BCUT2D eigenvalue weighted by molar-refractivity contribution is 0.357. The number of hydrogen-bond acceptors (Lipinski definition) is 3. The first-order valence-electron chi connectivity index (χ1n) is 6.83. The Morgan fingerprint density at radius 2 is 2.25 bits per heavy atom. The maximum atomic E-state index is 13.6. The zero-order valence-electron chi connectivity index (χ0n) is 11.2. The fraction of sp³-hybridized carbons (Fsp3) is 0.312. The van der Waals surface area contributed by atoms with Gasteiger partial charge in [0.2, 0.25) is 0 Å². The Bertz CT molecular complexity index is 615. The minimum absolute atomic E-state index is 0.303. The van der Waals surface area contributed by atoms with E-state index in [0.29, 0.717) is 12.0 Å². The van der Waals surface area contributed by atoms with Gasteiger partial charge in [-0.25, -0.2) is 4.39 Å². The second kappa shape index (κ2) is 5.59. The van der Waals surface area contributed by atoms with Crippen molar-refractivity contribution in [2.24, 2.45) is 5.73 Å². The molecule has 104 valence electrons. The Morgan fingerprint density at radius 3 is 3.10 bits per heavy atom. The number of aromatic nitrogens is 1. The average Bonchev–Trinajstić information content (AvgIpc) is 2.92. The summed E-state index contributed by atoms with van der Waals surface area (Å²) in [6.45, 7) is 0.764. The van der Waals surface area contributed by atoms with Crippen molar-refractivity contribution < 1.29 is 9.13 Å². The Hall–Kier alpha value is -1.94. The van der Waals surface area contributed by atoms with E-state index in [1.807, 2.05) is 6.07 Å². The second-order valence-corrected chi connectivity index (χ2v) is 5.08. The van der Waals surface area contributed by atoms with Gasteiger partial charge < -0.3 is 10.5 Å². The van der Waals surface area contributed by atoms with Crippen molar-refractivity contribution in [2.45, 2.75) is 25.3 Å². The molecule has 1 aliphatic heterocycles. The zero-order chi connectivity index (χ0) is 13.9. The number of ether oxygens (including phenoxy) is 1. The highest BCUT2D eigenvalue weighted by Gasteiger charge is 2.14. The number of halogens is 1. The summed E-state index contributed by atoms with van der Waals surface area (Å²) in [5, 5.41) is 0. The van der Waals surface area contributed by atoms with Gasteiger partial charge in [0, 0.05) is 24.2 Å². The van der Waals surface area contributed by atoms with Crippen LogP contribution in [0.25, 0.3) is 0 Å². The lowest BCUT2D eigenvalue weighted by Gasteiger charge is -2.13. The highest BCUT2D eigenvalue weighted by Crippen LogP contribution is 2.27. The predicted octanol–water partition coefficient (Wildman–Crippen LogP) is 2.79. The van der Waals surface area contributed by atoms with Gasteiger partial charge in [0.1, 0.15) is 11.6 Å². The summed E-state index contributed by atoms with van der Waals surface area (Å²) in [5.41, 5.74) is 9.07. The summed E-state index contributed by atoms with van der Waals surface area (Å²) in [6.07, 6.45) is 5.29. The molecule has 1 aromatic heterocycles. The van der Waals surface area contributed by atoms with E-state index in [-0.39, 0.29) is 11.9 Å². The van der Waals surface area contributed by atoms with Crippen LogP contribution in [0.1, 0.15) is 29.2 Å². The van der Waals surface area contributed by atoms with E-state index in [1.54, 1.807) is 12.3 Å². The van der Waals surface area contributed by atoms with Gasteiger partial charge in [-0.1, -0.05) is 12.1 Å². The molecular weight excluding hydrogens is 255 g/mol. The van der Waals surface area contributed by atoms with Crippen LogP contribution < -0.4 is 10.5 Å². The quantitative estimate of drug-likeness (QED) is 0.931. The van der Waals surface area contributed by atoms with Crippen molar-refractivity contribution >= 4 is 0 Å². The van der Waals surface area contributed by atoms with Crippen molar-refractivity contribution in [2.75, 3.05) is 6.61 Å². The lowest BCUT2D eigenvalue weighted by Crippen LogP contribution is -2.13. The Kier molecular flexibility index (Phi) is 3.65. The van der Waals surface area contributed by atoms with Crippen molar-refractivity contribution in [3.05, 3.63) is 59.2 Å². The molecule has 0 saturated heterocycles. The number of pyridine rings is 1. The third-order valence-corrected chi connectivity index (χ3v) is 3.70. The first kappa shape index (κ1) is 13.1. The predicted molar refractivity (Wildman–Crippen MR) is 75.1 cm³/mol. The molecular formula is C16H17FN2O. The number of fused-ring (bicyclic) bond motifs is 1. The van der Waals surface area contributed by atoms with Crippen LogP contribution in [0.2, 0.25) is 0 Å². The number of hydrogen-bond donors (Lipinski definition) is 1. The van der Waals surface area contributed by atoms with E-state index in [0.717, 1.165) is 25.2 Å². The molecule has 0 radical (unpaired) electrons. The summed E-state index contributed by atoms with van der Waals surface area (Å²) >= 11 is 0. The van der Waals surface area contributed by atoms with Gasteiger partial charge in [-0.2, -0.15) is 0 Å². The van der Waals surface area contributed by atoms with E-state index in [1.165, 1.54) is 17.3 Å². The molecule has 3 nitrogen and oxygen atoms in total. The number of rotatable bonds is 4. The highest BCUT2D eigenvalue weighted by atomic mass is 19.1. The first-order valence-corrected chi connectivity index (χ1v) is 6.83. The van der Waals surface area contributed by atoms with Crippen LogP contribution in [-0.2, 0) is 12.8 Å². The molecule has 0 fully saturated rings. The Balaban J connectivity index is 1.66. The van der Waals surface area contributed by atoms with Crippen LogP contribution in [-0.4, -0.2) is 11.6 Å². The molecule has 0 saturated carbocycles. The van der Waals surface area contributed by atoms with Crippen LogP contribution in [0, 0.1) is 5.82 Å². The minimum Gasteiger partial charge on any atom is -0.493 e. The van der Waals surface area contributed by atoms with Gasteiger partial charge in [-0.05, 0) is 36.1 Å². The third kappa shape index (κ3) is 2.65. The van der Waals surface area contributed by atoms with E-state index < -0.39 is 0 Å². The molecule has 1 unspecified atom stereocenters. The lowest BCUT2D eigenvalue weighted by atomic mass is 9.99. The maximum absolute atomic E-state index is 13.6. The maximum Gasteiger partial charge on any atom is 0.146 e. The summed E-state index contributed by atoms with van der Waals surface area (Å²) in [6, 6.07) is 7.58. The third-order valence-electron chi connectivity index (χ3n) is 3.70. The molecule has 1 aromatic carbocycles. The summed E-state index contributed by atoms with van der Waals surface area (Å²) in [7, 11) is 0. The van der Waals surface area contributed by atoms with Crippen LogP contribution in [0.3, 0.4) is 0 Å². The molecule has 3 rings (SSSR count). The Labute approximate surface area is 117 Å². The van der Waals surface area contributed by atoms with Crippen molar-refractivity contribution in [3.8, 4) is 5.75 Å². The van der Waals surface area contributed by atoms with Crippen molar-refractivity contribution in [1.29, 1.82) is 0 Å². The van der Waals surface area contributed by atoms with Gasteiger partial charge in [0.15, 0.2) is 0 Å². The number of benzene rings is 1. The van der Waals surface area contributed by atoms with Gasteiger partial charge in [-0.15, -0.1) is 0 Å². The molecule has 2 aromatic rings. The van der Waals surface area contributed by atoms with Gasteiger partial charge in [-0.3, -0.25) is 4.98 Å². The van der Waals surface area contributed by atoms with Crippen LogP contribution in [0.5, 0.6) is 5.75 Å².